The molecule has 1 aromatic rings. The molecule has 1 saturated carbocycles. The molecule has 1 aliphatic heterocycles. The van der Waals surface area contributed by atoms with Gasteiger partial charge in [-0.15, -0.1) is 0 Å². The molecule has 1 spiro atoms. The van der Waals surface area contributed by atoms with Gasteiger partial charge in [0, 0.05) is 31.4 Å². The van der Waals surface area contributed by atoms with Crippen LogP contribution in [-0.4, -0.2) is 36.1 Å². The summed E-state index contributed by atoms with van der Waals surface area (Å²) in [7, 11) is 1.96. The number of rotatable bonds is 8. The normalized spacial score (nSPS) is 21.6. The topological polar surface area (TPSA) is 53.1 Å². The van der Waals surface area contributed by atoms with Gasteiger partial charge in [0.1, 0.15) is 11.6 Å². The standard InChI is InChI=1S/C22H37N5/c1-5-6-12-24-17(2)20-14-22(10-8-7-9-11-22)16-27(20)21-13-19(15-23-4)25-18(3)26-21/h13,20,23-24H,2,5-12,14-16H2,1,3-4H3. The number of aryl methyl sites for hydroxylation is 1. The van der Waals surface area contributed by atoms with Crippen LogP contribution in [0.5, 0.6) is 0 Å². The van der Waals surface area contributed by atoms with E-state index < -0.39 is 0 Å². The van der Waals surface area contributed by atoms with Gasteiger partial charge in [0.15, 0.2) is 0 Å². The summed E-state index contributed by atoms with van der Waals surface area (Å²) in [6.45, 7) is 11.6. The van der Waals surface area contributed by atoms with Gasteiger partial charge >= 0.3 is 0 Å². The van der Waals surface area contributed by atoms with Crippen LogP contribution in [0.3, 0.4) is 0 Å². The molecule has 1 aromatic heterocycles. The van der Waals surface area contributed by atoms with Crippen molar-refractivity contribution in [1.82, 2.24) is 20.6 Å². The molecule has 1 unspecified atom stereocenters. The molecule has 5 nitrogen and oxygen atoms in total. The second-order valence-corrected chi connectivity index (χ2v) is 8.51. The Morgan fingerprint density at radius 1 is 1.30 bits per heavy atom. The minimum absolute atomic E-state index is 0.330. The van der Waals surface area contributed by atoms with Gasteiger partial charge in [-0.2, -0.15) is 0 Å². The lowest BCUT2D eigenvalue weighted by Crippen LogP contribution is -2.37. The maximum atomic E-state index is 4.82. The first-order valence-corrected chi connectivity index (χ1v) is 10.8. The van der Waals surface area contributed by atoms with E-state index >= 15 is 0 Å². The average molecular weight is 372 g/mol. The van der Waals surface area contributed by atoms with Gasteiger partial charge in [-0.05, 0) is 45.1 Å². The number of nitrogens with one attached hydrogen (secondary N) is 2. The molecule has 150 valence electrons. The van der Waals surface area contributed by atoms with Crippen LogP contribution in [0, 0.1) is 12.3 Å². The highest BCUT2D eigenvalue weighted by Crippen LogP contribution is 2.48. The molecule has 0 bridgehead atoms. The van der Waals surface area contributed by atoms with E-state index in [0.717, 1.165) is 42.7 Å². The van der Waals surface area contributed by atoms with Crippen LogP contribution in [0.1, 0.15) is 69.8 Å². The quantitative estimate of drug-likeness (QED) is 0.678. The predicted octanol–water partition coefficient (Wildman–Crippen LogP) is 3.94. The summed E-state index contributed by atoms with van der Waals surface area (Å²) < 4.78 is 0. The number of hydrogen-bond donors (Lipinski definition) is 2. The molecule has 3 rings (SSSR count). The van der Waals surface area contributed by atoms with Gasteiger partial charge in [0.2, 0.25) is 0 Å². The first-order chi connectivity index (χ1) is 13.1. The summed E-state index contributed by atoms with van der Waals surface area (Å²) >= 11 is 0. The average Bonchev–Trinajstić information content (AvgIpc) is 3.01. The lowest BCUT2D eigenvalue weighted by molar-refractivity contribution is 0.214. The van der Waals surface area contributed by atoms with Gasteiger partial charge in [0.25, 0.3) is 0 Å². The predicted molar refractivity (Wildman–Crippen MR) is 113 cm³/mol. The summed E-state index contributed by atoms with van der Waals surface area (Å²) in [6, 6.07) is 2.49. The molecule has 1 atom stereocenters. The van der Waals surface area contributed by atoms with Gasteiger partial charge < -0.3 is 15.5 Å². The molecule has 2 fully saturated rings. The molecular weight excluding hydrogens is 334 g/mol. The lowest BCUT2D eigenvalue weighted by Gasteiger charge is -2.33. The summed E-state index contributed by atoms with van der Waals surface area (Å²) in [5.41, 5.74) is 2.66. The monoisotopic (exact) mass is 371 g/mol. The Morgan fingerprint density at radius 2 is 2.07 bits per heavy atom. The van der Waals surface area contributed by atoms with Crippen molar-refractivity contribution in [3.05, 3.63) is 29.9 Å². The number of hydrogen-bond acceptors (Lipinski definition) is 5. The molecule has 2 aliphatic rings. The Bertz CT molecular complexity index is 636. The van der Waals surface area contributed by atoms with E-state index in [4.69, 9.17) is 4.98 Å². The Morgan fingerprint density at radius 3 is 2.78 bits per heavy atom. The Hall–Kier alpha value is -1.62. The van der Waals surface area contributed by atoms with Crippen LogP contribution < -0.4 is 15.5 Å². The van der Waals surface area contributed by atoms with Crippen molar-refractivity contribution >= 4 is 5.82 Å². The minimum atomic E-state index is 0.330. The largest absolute Gasteiger partial charge is 0.387 e. The number of unbranched alkanes of at least 4 members (excludes halogenated alkanes) is 1. The Balaban J connectivity index is 1.85. The molecule has 0 aromatic carbocycles. The third-order valence-electron chi connectivity index (χ3n) is 6.24. The highest BCUT2D eigenvalue weighted by Gasteiger charge is 2.45. The third kappa shape index (κ3) is 4.81. The first-order valence-electron chi connectivity index (χ1n) is 10.8. The number of aromatic nitrogens is 2. The van der Waals surface area contributed by atoms with E-state index in [1.807, 2.05) is 14.0 Å². The fourth-order valence-corrected chi connectivity index (χ4v) is 4.85. The summed E-state index contributed by atoms with van der Waals surface area (Å²) in [5, 5.41) is 6.83. The summed E-state index contributed by atoms with van der Waals surface area (Å²) in [4.78, 5) is 11.9. The highest BCUT2D eigenvalue weighted by atomic mass is 15.3. The van der Waals surface area contributed by atoms with Crippen molar-refractivity contribution in [2.75, 3.05) is 25.0 Å². The van der Waals surface area contributed by atoms with Crippen molar-refractivity contribution in [2.24, 2.45) is 5.41 Å². The SMILES string of the molecule is C=C(NCCCC)C1CC2(CCCCC2)CN1c1cc(CNC)nc(C)n1. The summed E-state index contributed by atoms with van der Waals surface area (Å²) in [6.07, 6.45) is 10.4. The van der Waals surface area contributed by atoms with Crippen molar-refractivity contribution in [3.8, 4) is 0 Å². The first kappa shape index (κ1) is 20.1. The zero-order chi connectivity index (χ0) is 19.3. The molecule has 27 heavy (non-hydrogen) atoms. The van der Waals surface area contributed by atoms with Gasteiger partial charge in [-0.25, -0.2) is 9.97 Å². The maximum absolute atomic E-state index is 4.82. The van der Waals surface area contributed by atoms with Crippen molar-refractivity contribution < 1.29 is 0 Å². The molecule has 2 N–H and O–H groups in total. The van der Waals surface area contributed by atoms with E-state index in [1.165, 1.54) is 51.4 Å². The van der Waals surface area contributed by atoms with E-state index in [-0.39, 0.29) is 0 Å². The summed E-state index contributed by atoms with van der Waals surface area (Å²) in [5.74, 6) is 1.92. The number of anilines is 1. The van der Waals surface area contributed by atoms with Gasteiger partial charge in [-0.3, -0.25) is 0 Å². The minimum Gasteiger partial charge on any atom is -0.387 e. The van der Waals surface area contributed by atoms with Crippen molar-refractivity contribution in [2.45, 2.75) is 77.8 Å². The molecule has 0 amide bonds. The fraction of sp³-hybridized carbons (Fsp3) is 0.727. The molecule has 5 heteroatoms. The van der Waals surface area contributed by atoms with E-state index in [2.05, 4.69) is 40.1 Å². The molecule has 1 saturated heterocycles. The van der Waals surface area contributed by atoms with Crippen LogP contribution in [0.15, 0.2) is 18.3 Å². The van der Waals surface area contributed by atoms with Crippen molar-refractivity contribution in [1.29, 1.82) is 0 Å². The van der Waals surface area contributed by atoms with Crippen LogP contribution in [0.2, 0.25) is 0 Å². The van der Waals surface area contributed by atoms with Gasteiger partial charge in [0.05, 0.1) is 11.7 Å². The zero-order valence-corrected chi connectivity index (χ0v) is 17.5. The Kier molecular flexibility index (Phi) is 6.74. The van der Waals surface area contributed by atoms with Crippen LogP contribution >= 0.6 is 0 Å². The van der Waals surface area contributed by atoms with E-state index in [9.17, 15) is 0 Å². The fourth-order valence-electron chi connectivity index (χ4n) is 4.85. The second-order valence-electron chi connectivity index (χ2n) is 8.51. The van der Waals surface area contributed by atoms with Crippen LogP contribution in [-0.2, 0) is 6.54 Å². The number of nitrogens with zero attached hydrogens (tertiary/aromatic N) is 3. The van der Waals surface area contributed by atoms with Crippen LogP contribution in [0.25, 0.3) is 0 Å². The van der Waals surface area contributed by atoms with Crippen molar-refractivity contribution in [3.63, 3.8) is 0 Å². The smallest absolute Gasteiger partial charge is 0.133 e. The highest BCUT2D eigenvalue weighted by molar-refractivity contribution is 5.46. The molecule has 1 aliphatic carbocycles. The van der Waals surface area contributed by atoms with Crippen LogP contribution in [0.4, 0.5) is 5.82 Å². The molecular formula is C22H37N5. The molecule has 2 heterocycles. The van der Waals surface area contributed by atoms with E-state index in [1.54, 1.807) is 0 Å². The Labute approximate surface area is 165 Å². The lowest BCUT2D eigenvalue weighted by atomic mass is 9.72. The third-order valence-corrected chi connectivity index (χ3v) is 6.24. The second kappa shape index (κ2) is 9.05. The maximum Gasteiger partial charge on any atom is 0.133 e. The van der Waals surface area contributed by atoms with Gasteiger partial charge in [-0.1, -0.05) is 39.2 Å². The molecule has 0 radical (unpaired) electrons. The van der Waals surface area contributed by atoms with E-state index in [0.29, 0.717) is 11.5 Å². The zero-order valence-electron chi connectivity index (χ0n) is 17.5.